The van der Waals surface area contributed by atoms with E-state index < -0.39 is 16.1 Å². The fourth-order valence-corrected chi connectivity index (χ4v) is 6.06. The first-order chi connectivity index (χ1) is 11.9. The van der Waals surface area contributed by atoms with Gasteiger partial charge in [0.15, 0.2) is 0 Å². The maximum absolute atomic E-state index is 12.9. The van der Waals surface area contributed by atoms with Crippen LogP contribution in [0.25, 0.3) is 0 Å². The lowest BCUT2D eigenvalue weighted by atomic mass is 10.2. The molecule has 1 aliphatic rings. The minimum atomic E-state index is -3.65. The summed E-state index contributed by atoms with van der Waals surface area (Å²) in [7, 11) is -3.65. The quantitative estimate of drug-likeness (QED) is 0.833. The SMILES string of the molecule is CCc1ccc(S(=O)(=O)N2CCC[C@@H]2C(=O)Nc2ccc(Cl)cc2)s1. The summed E-state index contributed by atoms with van der Waals surface area (Å²) in [6.45, 7) is 2.35. The van der Waals surface area contributed by atoms with Crippen LogP contribution in [0.3, 0.4) is 0 Å². The highest BCUT2D eigenvalue weighted by atomic mass is 35.5. The summed E-state index contributed by atoms with van der Waals surface area (Å²) < 4.78 is 27.5. The first kappa shape index (κ1) is 18.4. The molecule has 3 rings (SSSR count). The summed E-state index contributed by atoms with van der Waals surface area (Å²) in [5, 5.41) is 3.36. The van der Waals surface area contributed by atoms with Crippen molar-refractivity contribution in [3.8, 4) is 0 Å². The molecule has 1 amide bonds. The molecule has 0 spiro atoms. The number of thiophene rings is 1. The Kier molecular flexibility index (Phi) is 5.48. The van der Waals surface area contributed by atoms with Gasteiger partial charge in [0.2, 0.25) is 5.91 Å². The first-order valence-corrected chi connectivity index (χ1v) is 10.7. The third-order valence-corrected chi connectivity index (χ3v) is 8.02. The second-order valence-corrected chi connectivity index (χ2v) is 9.57. The number of nitrogens with one attached hydrogen (secondary N) is 1. The van der Waals surface area contributed by atoms with Crippen LogP contribution in [0.15, 0.2) is 40.6 Å². The lowest BCUT2D eigenvalue weighted by molar-refractivity contribution is -0.119. The average molecular weight is 399 g/mol. The van der Waals surface area contributed by atoms with Crippen LogP contribution in [0.5, 0.6) is 0 Å². The van der Waals surface area contributed by atoms with Gasteiger partial charge in [0.25, 0.3) is 10.0 Å². The predicted molar refractivity (Wildman–Crippen MR) is 101 cm³/mol. The Labute approximate surface area is 156 Å². The molecule has 0 aliphatic carbocycles. The van der Waals surface area contributed by atoms with Crippen molar-refractivity contribution in [1.82, 2.24) is 4.31 Å². The van der Waals surface area contributed by atoms with Crippen LogP contribution in [0.2, 0.25) is 5.02 Å². The monoisotopic (exact) mass is 398 g/mol. The van der Waals surface area contributed by atoms with E-state index in [1.807, 2.05) is 13.0 Å². The highest BCUT2D eigenvalue weighted by Gasteiger charge is 2.40. The van der Waals surface area contributed by atoms with E-state index in [0.29, 0.717) is 34.3 Å². The molecule has 1 atom stereocenters. The average Bonchev–Trinajstić information content (AvgIpc) is 3.26. The van der Waals surface area contributed by atoms with E-state index in [2.05, 4.69) is 5.32 Å². The summed E-state index contributed by atoms with van der Waals surface area (Å²) in [5.41, 5.74) is 0.600. The number of anilines is 1. The van der Waals surface area contributed by atoms with Gasteiger partial charge in [-0.25, -0.2) is 8.42 Å². The topological polar surface area (TPSA) is 66.5 Å². The minimum Gasteiger partial charge on any atom is -0.325 e. The molecule has 25 heavy (non-hydrogen) atoms. The van der Waals surface area contributed by atoms with Gasteiger partial charge in [-0.1, -0.05) is 18.5 Å². The van der Waals surface area contributed by atoms with E-state index >= 15 is 0 Å². The number of carbonyl (C=O) groups is 1. The van der Waals surface area contributed by atoms with E-state index in [4.69, 9.17) is 11.6 Å². The van der Waals surface area contributed by atoms with Crippen molar-refractivity contribution in [2.75, 3.05) is 11.9 Å². The molecule has 2 aromatic rings. The van der Waals surface area contributed by atoms with Crippen molar-refractivity contribution in [2.24, 2.45) is 0 Å². The van der Waals surface area contributed by atoms with Crippen molar-refractivity contribution in [1.29, 1.82) is 0 Å². The van der Waals surface area contributed by atoms with Gasteiger partial charge in [-0.3, -0.25) is 4.79 Å². The predicted octanol–water partition coefficient (Wildman–Crippen LogP) is 3.76. The third kappa shape index (κ3) is 3.89. The number of carbonyl (C=O) groups excluding carboxylic acids is 1. The van der Waals surface area contributed by atoms with E-state index in [9.17, 15) is 13.2 Å². The van der Waals surface area contributed by atoms with E-state index in [1.54, 1.807) is 30.3 Å². The van der Waals surface area contributed by atoms with Gasteiger partial charge in [0, 0.05) is 22.1 Å². The number of aryl methyl sites for hydroxylation is 1. The number of nitrogens with zero attached hydrogens (tertiary/aromatic N) is 1. The molecule has 1 N–H and O–H groups in total. The summed E-state index contributed by atoms with van der Waals surface area (Å²) >= 11 is 7.11. The van der Waals surface area contributed by atoms with Gasteiger partial charge in [-0.15, -0.1) is 11.3 Å². The molecular weight excluding hydrogens is 380 g/mol. The van der Waals surface area contributed by atoms with Crippen molar-refractivity contribution < 1.29 is 13.2 Å². The number of amides is 1. The van der Waals surface area contributed by atoms with Crippen molar-refractivity contribution in [3.05, 3.63) is 46.3 Å². The van der Waals surface area contributed by atoms with E-state index in [0.717, 1.165) is 11.3 Å². The van der Waals surface area contributed by atoms with Gasteiger partial charge in [0.1, 0.15) is 10.3 Å². The molecule has 1 fully saturated rings. The van der Waals surface area contributed by atoms with Gasteiger partial charge in [0.05, 0.1) is 0 Å². The fraction of sp³-hybridized carbons (Fsp3) is 0.353. The molecule has 8 heteroatoms. The normalized spacial score (nSPS) is 18.4. The molecule has 5 nitrogen and oxygen atoms in total. The largest absolute Gasteiger partial charge is 0.325 e. The smallest absolute Gasteiger partial charge is 0.253 e. The standard InChI is InChI=1S/C17H19ClN2O3S2/c1-2-14-9-10-16(24-14)25(22,23)20-11-3-4-15(20)17(21)19-13-7-5-12(18)6-8-13/h5-10,15H,2-4,11H2,1H3,(H,19,21)/t15-/m1/s1. The summed E-state index contributed by atoms with van der Waals surface area (Å²) in [5.74, 6) is -0.310. The van der Waals surface area contributed by atoms with Crippen LogP contribution in [0, 0.1) is 0 Å². The molecule has 134 valence electrons. The molecule has 1 aromatic carbocycles. The Bertz CT molecular complexity index is 862. The molecule has 0 bridgehead atoms. The lowest BCUT2D eigenvalue weighted by Crippen LogP contribution is -2.42. The van der Waals surface area contributed by atoms with Gasteiger partial charge in [-0.2, -0.15) is 4.31 Å². The zero-order chi connectivity index (χ0) is 18.0. The highest BCUT2D eigenvalue weighted by molar-refractivity contribution is 7.91. The van der Waals surface area contributed by atoms with Crippen LogP contribution >= 0.6 is 22.9 Å². The maximum atomic E-state index is 12.9. The number of hydrogen-bond acceptors (Lipinski definition) is 4. The molecule has 2 heterocycles. The van der Waals surface area contributed by atoms with Crippen LogP contribution in [-0.4, -0.2) is 31.2 Å². The van der Waals surface area contributed by atoms with Crippen molar-refractivity contribution in [2.45, 2.75) is 36.4 Å². The van der Waals surface area contributed by atoms with Crippen molar-refractivity contribution >= 4 is 44.6 Å². The second kappa shape index (κ2) is 7.45. The Morgan fingerprint density at radius 3 is 2.64 bits per heavy atom. The highest BCUT2D eigenvalue weighted by Crippen LogP contribution is 2.31. The van der Waals surface area contributed by atoms with Crippen LogP contribution < -0.4 is 5.32 Å². The summed E-state index contributed by atoms with van der Waals surface area (Å²) in [6.07, 6.45) is 1.98. The first-order valence-electron chi connectivity index (χ1n) is 8.09. The number of sulfonamides is 1. The zero-order valence-corrected chi connectivity index (χ0v) is 16.1. The molecule has 1 aliphatic heterocycles. The molecule has 1 aromatic heterocycles. The summed E-state index contributed by atoms with van der Waals surface area (Å²) in [4.78, 5) is 13.6. The summed E-state index contributed by atoms with van der Waals surface area (Å²) in [6, 6.07) is 9.52. The fourth-order valence-electron chi connectivity index (χ4n) is 2.85. The lowest BCUT2D eigenvalue weighted by Gasteiger charge is -2.22. The number of benzene rings is 1. The van der Waals surface area contributed by atoms with Gasteiger partial charge in [-0.05, 0) is 55.7 Å². The Morgan fingerprint density at radius 2 is 2.00 bits per heavy atom. The molecule has 0 saturated carbocycles. The van der Waals surface area contributed by atoms with Crippen LogP contribution in [-0.2, 0) is 21.2 Å². The third-order valence-electron chi connectivity index (χ3n) is 4.17. The van der Waals surface area contributed by atoms with Gasteiger partial charge >= 0.3 is 0 Å². The van der Waals surface area contributed by atoms with Crippen LogP contribution in [0.4, 0.5) is 5.69 Å². The maximum Gasteiger partial charge on any atom is 0.253 e. The van der Waals surface area contributed by atoms with Crippen LogP contribution in [0.1, 0.15) is 24.6 Å². The zero-order valence-electron chi connectivity index (χ0n) is 13.7. The minimum absolute atomic E-state index is 0.301. The second-order valence-electron chi connectivity index (χ2n) is 5.84. The number of halogens is 1. The Morgan fingerprint density at radius 1 is 1.28 bits per heavy atom. The molecule has 0 radical (unpaired) electrons. The molecule has 1 saturated heterocycles. The number of hydrogen-bond donors (Lipinski definition) is 1. The van der Waals surface area contributed by atoms with Gasteiger partial charge < -0.3 is 5.32 Å². The molecular formula is C17H19ClN2O3S2. The van der Waals surface area contributed by atoms with Crippen molar-refractivity contribution in [3.63, 3.8) is 0 Å². The molecule has 0 unspecified atom stereocenters. The number of rotatable bonds is 5. The Balaban J connectivity index is 1.79. The van der Waals surface area contributed by atoms with E-state index in [1.165, 1.54) is 15.6 Å². The van der Waals surface area contributed by atoms with E-state index in [-0.39, 0.29) is 5.91 Å². The Hall–Kier alpha value is -1.41.